The van der Waals surface area contributed by atoms with Crippen molar-refractivity contribution in [1.82, 2.24) is 10.6 Å². The van der Waals surface area contributed by atoms with Crippen LogP contribution in [0.2, 0.25) is 0 Å². The minimum atomic E-state index is 0.320. The van der Waals surface area contributed by atoms with Crippen LogP contribution in [0.5, 0.6) is 0 Å². The molecule has 1 aliphatic heterocycles. The fourth-order valence-electron chi connectivity index (χ4n) is 3.09. The van der Waals surface area contributed by atoms with Gasteiger partial charge in [0.1, 0.15) is 0 Å². The first-order valence-electron chi connectivity index (χ1n) is 6.31. The van der Waals surface area contributed by atoms with Crippen LogP contribution in [0.25, 0.3) is 0 Å². The highest BCUT2D eigenvalue weighted by Gasteiger charge is 2.40. The Morgan fingerprint density at radius 2 is 1.87 bits per heavy atom. The fourth-order valence-corrected chi connectivity index (χ4v) is 3.09. The van der Waals surface area contributed by atoms with Crippen molar-refractivity contribution in [2.24, 2.45) is 23.7 Å². The normalized spacial score (nSPS) is 39.1. The summed E-state index contributed by atoms with van der Waals surface area (Å²) in [7, 11) is 0. The van der Waals surface area contributed by atoms with Gasteiger partial charge in [-0.25, -0.2) is 0 Å². The summed E-state index contributed by atoms with van der Waals surface area (Å²) in [5.41, 5.74) is 0. The minimum absolute atomic E-state index is 0.320. The van der Waals surface area contributed by atoms with E-state index in [2.05, 4.69) is 10.6 Å². The summed E-state index contributed by atoms with van der Waals surface area (Å²) < 4.78 is 0. The summed E-state index contributed by atoms with van der Waals surface area (Å²) in [5.74, 6) is 3.01. The highest BCUT2D eigenvalue weighted by atomic mass is 16.1. The lowest BCUT2D eigenvalue weighted by molar-refractivity contribution is -0.125. The standard InChI is InChI=1S/C12H20N2O/c15-12(14-5-8-1-2-8)9-3-10-6-13-7-11(10)4-9/h8-11,13H,1-7H2,(H,14,15)/t9?,10-,11+. The first-order valence-corrected chi connectivity index (χ1v) is 6.31. The van der Waals surface area contributed by atoms with Crippen molar-refractivity contribution in [2.75, 3.05) is 19.6 Å². The van der Waals surface area contributed by atoms with Gasteiger partial charge >= 0.3 is 0 Å². The summed E-state index contributed by atoms with van der Waals surface area (Å²) in [6, 6.07) is 0. The van der Waals surface area contributed by atoms with Crippen molar-refractivity contribution in [3.05, 3.63) is 0 Å². The molecule has 3 rings (SSSR count). The topological polar surface area (TPSA) is 41.1 Å². The van der Waals surface area contributed by atoms with Gasteiger partial charge in [0.2, 0.25) is 5.91 Å². The number of rotatable bonds is 3. The average Bonchev–Trinajstić information content (AvgIpc) is 2.79. The summed E-state index contributed by atoms with van der Waals surface area (Å²) in [6.45, 7) is 3.21. The van der Waals surface area contributed by atoms with Gasteiger partial charge in [-0.05, 0) is 56.5 Å². The molecule has 1 unspecified atom stereocenters. The van der Waals surface area contributed by atoms with E-state index in [1.54, 1.807) is 0 Å². The second-order valence-corrected chi connectivity index (χ2v) is 5.54. The van der Waals surface area contributed by atoms with Crippen LogP contribution in [-0.2, 0) is 4.79 Å². The Morgan fingerprint density at radius 1 is 1.20 bits per heavy atom. The summed E-state index contributed by atoms with van der Waals surface area (Å²) in [4.78, 5) is 11.9. The number of fused-ring (bicyclic) bond motifs is 1. The van der Waals surface area contributed by atoms with Crippen molar-refractivity contribution in [3.8, 4) is 0 Å². The summed E-state index contributed by atoms with van der Waals surface area (Å²) in [5, 5.41) is 6.53. The molecular weight excluding hydrogens is 188 g/mol. The van der Waals surface area contributed by atoms with Crippen LogP contribution in [0, 0.1) is 23.7 Å². The van der Waals surface area contributed by atoms with Gasteiger partial charge in [-0.1, -0.05) is 0 Å². The van der Waals surface area contributed by atoms with E-state index < -0.39 is 0 Å². The molecule has 0 aromatic heterocycles. The van der Waals surface area contributed by atoms with Crippen molar-refractivity contribution in [3.63, 3.8) is 0 Å². The van der Waals surface area contributed by atoms with E-state index in [1.807, 2.05) is 0 Å². The molecule has 84 valence electrons. The quantitative estimate of drug-likeness (QED) is 0.719. The zero-order valence-corrected chi connectivity index (χ0v) is 9.17. The van der Waals surface area contributed by atoms with Gasteiger partial charge in [-0.2, -0.15) is 0 Å². The van der Waals surface area contributed by atoms with Crippen molar-refractivity contribution < 1.29 is 4.79 Å². The third-order valence-corrected chi connectivity index (χ3v) is 4.29. The average molecular weight is 208 g/mol. The number of hydrogen-bond donors (Lipinski definition) is 2. The van der Waals surface area contributed by atoms with Crippen LogP contribution in [0.4, 0.5) is 0 Å². The van der Waals surface area contributed by atoms with Gasteiger partial charge in [-0.3, -0.25) is 4.79 Å². The van der Waals surface area contributed by atoms with Gasteiger partial charge in [-0.15, -0.1) is 0 Å². The fraction of sp³-hybridized carbons (Fsp3) is 0.917. The van der Waals surface area contributed by atoms with Gasteiger partial charge in [0.05, 0.1) is 0 Å². The lowest BCUT2D eigenvalue weighted by Crippen LogP contribution is -2.31. The molecule has 3 atom stereocenters. The number of nitrogens with one attached hydrogen (secondary N) is 2. The van der Waals surface area contributed by atoms with E-state index in [0.29, 0.717) is 11.8 Å². The zero-order valence-electron chi connectivity index (χ0n) is 9.17. The van der Waals surface area contributed by atoms with E-state index >= 15 is 0 Å². The molecule has 1 amide bonds. The Morgan fingerprint density at radius 3 is 2.47 bits per heavy atom. The van der Waals surface area contributed by atoms with Crippen LogP contribution in [-0.4, -0.2) is 25.5 Å². The third-order valence-electron chi connectivity index (χ3n) is 4.29. The highest BCUT2D eigenvalue weighted by Crippen LogP contribution is 2.38. The van der Waals surface area contributed by atoms with E-state index in [1.165, 1.54) is 12.8 Å². The molecular formula is C12H20N2O. The molecule has 0 radical (unpaired) electrons. The molecule has 0 aromatic carbocycles. The lowest BCUT2D eigenvalue weighted by Gasteiger charge is -2.11. The molecule has 2 saturated carbocycles. The smallest absolute Gasteiger partial charge is 0.223 e. The molecule has 2 N–H and O–H groups in total. The van der Waals surface area contributed by atoms with E-state index in [0.717, 1.165) is 50.2 Å². The Labute approximate surface area is 91.0 Å². The second kappa shape index (κ2) is 3.78. The number of carbonyl (C=O) groups is 1. The van der Waals surface area contributed by atoms with E-state index in [4.69, 9.17) is 0 Å². The van der Waals surface area contributed by atoms with E-state index in [9.17, 15) is 4.79 Å². The minimum Gasteiger partial charge on any atom is -0.356 e. The Kier molecular flexibility index (Phi) is 2.43. The van der Waals surface area contributed by atoms with Crippen LogP contribution in [0.3, 0.4) is 0 Å². The van der Waals surface area contributed by atoms with Crippen LogP contribution >= 0.6 is 0 Å². The Bertz CT molecular complexity index is 250. The maximum Gasteiger partial charge on any atom is 0.223 e. The van der Waals surface area contributed by atoms with Crippen molar-refractivity contribution in [2.45, 2.75) is 25.7 Å². The van der Waals surface area contributed by atoms with Gasteiger partial charge < -0.3 is 10.6 Å². The van der Waals surface area contributed by atoms with Gasteiger partial charge in [0.25, 0.3) is 0 Å². The molecule has 0 aromatic rings. The zero-order chi connectivity index (χ0) is 10.3. The van der Waals surface area contributed by atoms with Crippen molar-refractivity contribution >= 4 is 5.91 Å². The summed E-state index contributed by atoms with van der Waals surface area (Å²) >= 11 is 0. The number of amides is 1. The predicted molar refractivity (Wildman–Crippen MR) is 58.3 cm³/mol. The van der Waals surface area contributed by atoms with Crippen LogP contribution in [0.15, 0.2) is 0 Å². The lowest BCUT2D eigenvalue weighted by atomic mass is 10.0. The number of hydrogen-bond acceptors (Lipinski definition) is 2. The van der Waals surface area contributed by atoms with Crippen LogP contribution in [0.1, 0.15) is 25.7 Å². The molecule has 3 heteroatoms. The number of carbonyl (C=O) groups excluding carboxylic acids is 1. The van der Waals surface area contributed by atoms with Crippen LogP contribution < -0.4 is 10.6 Å². The molecule has 3 nitrogen and oxygen atoms in total. The predicted octanol–water partition coefficient (Wildman–Crippen LogP) is 0.758. The third kappa shape index (κ3) is 2.03. The largest absolute Gasteiger partial charge is 0.356 e. The molecule has 2 aliphatic carbocycles. The Balaban J connectivity index is 1.48. The van der Waals surface area contributed by atoms with Crippen molar-refractivity contribution in [1.29, 1.82) is 0 Å². The molecule has 0 spiro atoms. The highest BCUT2D eigenvalue weighted by molar-refractivity contribution is 5.79. The monoisotopic (exact) mass is 208 g/mol. The first kappa shape index (κ1) is 9.64. The molecule has 15 heavy (non-hydrogen) atoms. The SMILES string of the molecule is O=C(NCC1CC1)C1C[C@H]2CNC[C@H]2C1. The molecule has 0 bridgehead atoms. The molecule has 1 saturated heterocycles. The van der Waals surface area contributed by atoms with Gasteiger partial charge in [0.15, 0.2) is 0 Å². The maximum atomic E-state index is 11.9. The maximum absolute atomic E-state index is 11.9. The second-order valence-electron chi connectivity index (χ2n) is 5.54. The molecule has 3 fully saturated rings. The molecule has 1 heterocycles. The summed E-state index contributed by atoms with van der Waals surface area (Å²) in [6.07, 6.45) is 4.88. The Hall–Kier alpha value is -0.570. The first-order chi connectivity index (χ1) is 7.33. The molecule has 3 aliphatic rings. The van der Waals surface area contributed by atoms with E-state index in [-0.39, 0.29) is 0 Å². The van der Waals surface area contributed by atoms with Gasteiger partial charge in [0, 0.05) is 12.5 Å².